The predicted molar refractivity (Wildman–Crippen MR) is 112 cm³/mol. The lowest BCUT2D eigenvalue weighted by Crippen LogP contribution is -2.26. The topological polar surface area (TPSA) is 81.8 Å². The van der Waals surface area contributed by atoms with E-state index in [1.807, 2.05) is 6.92 Å². The molecule has 0 saturated carbocycles. The molecule has 1 heterocycles. The maximum absolute atomic E-state index is 12.7. The normalized spacial score (nSPS) is 11.3. The first-order valence-electron chi connectivity index (χ1n) is 9.62. The third kappa shape index (κ3) is 5.01. The van der Waals surface area contributed by atoms with Crippen LogP contribution in [0.2, 0.25) is 0 Å². The first-order chi connectivity index (χ1) is 15.2. The first kappa shape index (κ1) is 23.1. The zero-order valence-electron chi connectivity index (χ0n) is 18.0. The van der Waals surface area contributed by atoms with Crippen LogP contribution in [0.15, 0.2) is 30.3 Å². The van der Waals surface area contributed by atoms with Gasteiger partial charge in [-0.25, -0.2) is 0 Å². The lowest BCUT2D eigenvalue weighted by molar-refractivity contribution is -0.274. The van der Waals surface area contributed by atoms with Crippen LogP contribution < -0.4 is 24.3 Å². The number of aromatic nitrogens is 1. The molecule has 0 atom stereocenters. The Morgan fingerprint density at radius 1 is 1.03 bits per heavy atom. The van der Waals surface area contributed by atoms with Crippen LogP contribution in [-0.2, 0) is 6.42 Å². The smallest absolute Gasteiger partial charge is 0.493 e. The maximum atomic E-state index is 12.7. The van der Waals surface area contributed by atoms with Gasteiger partial charge in [0.05, 0.1) is 21.3 Å². The van der Waals surface area contributed by atoms with Crippen molar-refractivity contribution in [3.05, 3.63) is 47.2 Å². The number of carbonyl (C=O) groups excluding carboxylic acids is 1. The molecule has 1 aromatic heterocycles. The van der Waals surface area contributed by atoms with E-state index in [0.717, 1.165) is 11.3 Å². The van der Waals surface area contributed by atoms with Crippen molar-refractivity contribution in [3.63, 3.8) is 0 Å². The number of carbonyl (C=O) groups is 1. The number of ether oxygens (including phenoxy) is 4. The fraction of sp³-hybridized carbons (Fsp3) is 0.318. The van der Waals surface area contributed by atoms with E-state index >= 15 is 0 Å². The summed E-state index contributed by atoms with van der Waals surface area (Å²) in [7, 11) is 4.37. The molecule has 0 bridgehead atoms. The Morgan fingerprint density at radius 2 is 1.69 bits per heavy atom. The molecule has 0 aliphatic rings. The molecule has 0 aliphatic carbocycles. The van der Waals surface area contributed by atoms with Crippen LogP contribution in [0.4, 0.5) is 13.2 Å². The molecule has 0 unspecified atom stereocenters. The summed E-state index contributed by atoms with van der Waals surface area (Å²) in [6.45, 7) is 2.08. The summed E-state index contributed by atoms with van der Waals surface area (Å²) in [6.07, 6.45) is -4.37. The Balaban J connectivity index is 1.76. The Bertz CT molecular complexity index is 1100. The Hall–Kier alpha value is -3.56. The number of rotatable bonds is 8. The van der Waals surface area contributed by atoms with Crippen LogP contribution in [0, 0.1) is 6.92 Å². The van der Waals surface area contributed by atoms with Crippen LogP contribution in [-0.4, -0.2) is 45.1 Å². The van der Waals surface area contributed by atoms with Crippen LogP contribution in [0.3, 0.4) is 0 Å². The quantitative estimate of drug-likeness (QED) is 0.530. The summed E-state index contributed by atoms with van der Waals surface area (Å²) in [5.41, 5.74) is 2.59. The van der Waals surface area contributed by atoms with E-state index < -0.39 is 6.36 Å². The third-order valence-electron chi connectivity index (χ3n) is 4.91. The number of benzene rings is 2. The fourth-order valence-corrected chi connectivity index (χ4v) is 3.50. The lowest BCUT2D eigenvalue weighted by atomic mass is 10.1. The van der Waals surface area contributed by atoms with E-state index in [4.69, 9.17) is 14.2 Å². The highest BCUT2D eigenvalue weighted by atomic mass is 19.4. The predicted octanol–water partition coefficient (Wildman–Crippen LogP) is 4.37. The second-order valence-electron chi connectivity index (χ2n) is 6.90. The summed E-state index contributed by atoms with van der Waals surface area (Å²) in [6, 6.07) is 7.19. The van der Waals surface area contributed by atoms with Gasteiger partial charge in [-0.2, -0.15) is 0 Å². The molecular formula is C22H23F3N2O5. The van der Waals surface area contributed by atoms with Gasteiger partial charge in [-0.15, -0.1) is 13.2 Å². The van der Waals surface area contributed by atoms with Gasteiger partial charge < -0.3 is 29.2 Å². The number of fused-ring (bicyclic) bond motifs is 1. The van der Waals surface area contributed by atoms with Crippen molar-refractivity contribution in [1.29, 1.82) is 0 Å². The summed E-state index contributed by atoms with van der Waals surface area (Å²) < 4.78 is 57.5. The highest BCUT2D eigenvalue weighted by Gasteiger charge is 2.31. The van der Waals surface area contributed by atoms with E-state index in [1.165, 1.54) is 51.7 Å². The largest absolute Gasteiger partial charge is 0.573 e. The van der Waals surface area contributed by atoms with E-state index in [2.05, 4.69) is 15.0 Å². The molecule has 32 heavy (non-hydrogen) atoms. The van der Waals surface area contributed by atoms with E-state index in [9.17, 15) is 18.0 Å². The van der Waals surface area contributed by atoms with Gasteiger partial charge in [0.15, 0.2) is 11.5 Å². The van der Waals surface area contributed by atoms with Crippen LogP contribution in [0.5, 0.6) is 23.0 Å². The van der Waals surface area contributed by atoms with Gasteiger partial charge in [0, 0.05) is 28.7 Å². The van der Waals surface area contributed by atoms with Gasteiger partial charge >= 0.3 is 6.36 Å². The van der Waals surface area contributed by atoms with E-state index in [1.54, 1.807) is 0 Å². The number of methoxy groups -OCH3 is 3. The van der Waals surface area contributed by atoms with Gasteiger partial charge in [-0.3, -0.25) is 4.79 Å². The highest BCUT2D eigenvalue weighted by molar-refractivity contribution is 5.95. The van der Waals surface area contributed by atoms with Crippen LogP contribution in [0.1, 0.15) is 21.6 Å². The molecule has 0 radical (unpaired) electrons. The molecule has 172 valence electrons. The van der Waals surface area contributed by atoms with E-state index in [0.29, 0.717) is 40.1 Å². The second kappa shape index (κ2) is 9.29. The Morgan fingerprint density at radius 3 is 2.25 bits per heavy atom. The number of hydrogen-bond acceptors (Lipinski definition) is 5. The lowest BCUT2D eigenvalue weighted by Gasteiger charge is -2.14. The summed E-state index contributed by atoms with van der Waals surface area (Å²) >= 11 is 0. The monoisotopic (exact) mass is 452 g/mol. The van der Waals surface area contributed by atoms with Gasteiger partial charge in [-0.05, 0) is 49.2 Å². The maximum Gasteiger partial charge on any atom is 0.573 e. The molecule has 0 spiro atoms. The minimum absolute atomic E-state index is 0.258. The van der Waals surface area contributed by atoms with Crippen molar-refractivity contribution in [2.75, 3.05) is 27.9 Å². The number of aromatic amines is 1. The highest BCUT2D eigenvalue weighted by Crippen LogP contribution is 2.38. The number of aryl methyl sites for hydroxylation is 1. The Labute approximate surface area is 182 Å². The minimum Gasteiger partial charge on any atom is -0.493 e. The summed E-state index contributed by atoms with van der Waals surface area (Å²) in [5, 5.41) is 3.41. The molecule has 1 amide bonds. The van der Waals surface area contributed by atoms with Crippen molar-refractivity contribution >= 4 is 16.8 Å². The number of hydrogen-bond donors (Lipinski definition) is 2. The van der Waals surface area contributed by atoms with Crippen molar-refractivity contribution < 1.29 is 36.9 Å². The molecule has 10 heteroatoms. The SMILES string of the molecule is COc1cc(C(=O)NCCc2c(C)[nH]c3ccc(OC(F)(F)F)cc23)cc(OC)c1OC. The number of halogens is 3. The number of nitrogens with one attached hydrogen (secondary N) is 2. The molecule has 0 fully saturated rings. The number of alkyl halides is 3. The van der Waals surface area contributed by atoms with Gasteiger partial charge in [0.25, 0.3) is 5.91 Å². The molecule has 3 rings (SSSR count). The summed E-state index contributed by atoms with van der Waals surface area (Å²) in [4.78, 5) is 15.8. The van der Waals surface area contributed by atoms with Crippen molar-refractivity contribution in [2.24, 2.45) is 0 Å². The van der Waals surface area contributed by atoms with Crippen molar-refractivity contribution in [1.82, 2.24) is 10.3 Å². The average Bonchev–Trinajstić information content (AvgIpc) is 3.05. The second-order valence-corrected chi connectivity index (χ2v) is 6.90. The van der Waals surface area contributed by atoms with E-state index in [-0.39, 0.29) is 18.2 Å². The third-order valence-corrected chi connectivity index (χ3v) is 4.91. The van der Waals surface area contributed by atoms with Gasteiger partial charge in [0.1, 0.15) is 5.75 Å². The van der Waals surface area contributed by atoms with Crippen molar-refractivity contribution in [3.8, 4) is 23.0 Å². The molecule has 2 N–H and O–H groups in total. The van der Waals surface area contributed by atoms with Crippen LogP contribution >= 0.6 is 0 Å². The van der Waals surface area contributed by atoms with Gasteiger partial charge in [-0.1, -0.05) is 0 Å². The summed E-state index contributed by atoms with van der Waals surface area (Å²) in [5.74, 6) is 0.413. The zero-order valence-corrected chi connectivity index (χ0v) is 18.0. The first-order valence-corrected chi connectivity index (χ1v) is 9.62. The number of amides is 1. The van der Waals surface area contributed by atoms with Crippen molar-refractivity contribution in [2.45, 2.75) is 19.7 Å². The standard InChI is InChI=1S/C22H23F3N2O5/c1-12-15(16-11-14(32-22(23,24)25)5-6-17(16)27-12)7-8-26-21(28)13-9-18(29-2)20(31-4)19(10-13)30-3/h5-6,9-11,27H,7-8H2,1-4H3,(H,26,28). The molecule has 2 aromatic carbocycles. The molecule has 3 aromatic rings. The molecular weight excluding hydrogens is 429 g/mol. The molecule has 7 nitrogen and oxygen atoms in total. The minimum atomic E-state index is -4.77. The zero-order chi connectivity index (χ0) is 23.5. The molecule has 0 aliphatic heterocycles. The number of H-pyrrole nitrogens is 1. The Kier molecular flexibility index (Phi) is 6.71. The average molecular weight is 452 g/mol. The van der Waals surface area contributed by atoms with Gasteiger partial charge in [0.2, 0.25) is 5.75 Å². The van der Waals surface area contributed by atoms with Crippen LogP contribution in [0.25, 0.3) is 10.9 Å². The molecule has 0 saturated heterocycles. The fourth-order valence-electron chi connectivity index (χ4n) is 3.50.